The molecule has 4 heteroatoms. The first-order valence-corrected chi connectivity index (χ1v) is 7.89. The lowest BCUT2D eigenvalue weighted by atomic mass is 9.93. The molecule has 1 aromatic heterocycles. The highest BCUT2D eigenvalue weighted by molar-refractivity contribution is 6.30. The fourth-order valence-corrected chi connectivity index (χ4v) is 2.68. The molecule has 3 rings (SSSR count). The standard InChI is InChI=1S/C18H19ClN2O/c1-13-11-20-8-7-15(13)9-14-3-2-4-17(10-14)22-18-6-5-16(19)12-21-18/h2-6,9-10,12-13,20H,7-8,11H2,1H3/b15-9+/t13-/m0/s1. The molecule has 22 heavy (non-hydrogen) atoms. The summed E-state index contributed by atoms with van der Waals surface area (Å²) in [7, 11) is 0. The Kier molecular flexibility index (Phi) is 4.76. The quantitative estimate of drug-likeness (QED) is 0.903. The fourth-order valence-electron chi connectivity index (χ4n) is 2.57. The molecule has 0 radical (unpaired) electrons. The number of nitrogens with zero attached hydrogens (tertiary/aromatic N) is 1. The van der Waals surface area contributed by atoms with Gasteiger partial charge >= 0.3 is 0 Å². The van der Waals surface area contributed by atoms with Crippen LogP contribution in [0.3, 0.4) is 0 Å². The maximum Gasteiger partial charge on any atom is 0.219 e. The van der Waals surface area contributed by atoms with Gasteiger partial charge in [0, 0.05) is 18.8 Å². The molecule has 1 aromatic carbocycles. The summed E-state index contributed by atoms with van der Waals surface area (Å²) in [5, 5.41) is 4.02. The first kappa shape index (κ1) is 15.1. The van der Waals surface area contributed by atoms with Crippen LogP contribution in [0.1, 0.15) is 18.9 Å². The molecule has 3 nitrogen and oxygen atoms in total. The zero-order valence-electron chi connectivity index (χ0n) is 12.6. The van der Waals surface area contributed by atoms with Crippen molar-refractivity contribution in [3.05, 3.63) is 58.8 Å². The number of nitrogens with one attached hydrogen (secondary N) is 1. The van der Waals surface area contributed by atoms with Crippen molar-refractivity contribution in [3.63, 3.8) is 0 Å². The Balaban J connectivity index is 1.77. The third-order valence-corrected chi connectivity index (χ3v) is 4.03. The van der Waals surface area contributed by atoms with E-state index in [1.54, 1.807) is 18.3 Å². The van der Waals surface area contributed by atoms with Gasteiger partial charge in [0.15, 0.2) is 0 Å². The van der Waals surface area contributed by atoms with E-state index in [0.29, 0.717) is 16.8 Å². The van der Waals surface area contributed by atoms with Crippen LogP contribution in [0.15, 0.2) is 48.2 Å². The molecule has 1 atom stereocenters. The van der Waals surface area contributed by atoms with Gasteiger partial charge in [-0.2, -0.15) is 0 Å². The van der Waals surface area contributed by atoms with E-state index in [1.165, 1.54) is 5.57 Å². The lowest BCUT2D eigenvalue weighted by Crippen LogP contribution is -2.29. The predicted octanol–water partition coefficient (Wildman–Crippen LogP) is 4.54. The maximum absolute atomic E-state index is 5.83. The Morgan fingerprint density at radius 3 is 3.00 bits per heavy atom. The number of aromatic nitrogens is 1. The molecule has 0 saturated carbocycles. The van der Waals surface area contributed by atoms with Crippen LogP contribution in [0.5, 0.6) is 11.6 Å². The molecule has 2 heterocycles. The van der Waals surface area contributed by atoms with Crippen molar-refractivity contribution in [2.75, 3.05) is 13.1 Å². The second kappa shape index (κ2) is 6.95. The molecule has 0 spiro atoms. The normalized spacial score (nSPS) is 20.1. The molecule has 0 bridgehead atoms. The second-order valence-corrected chi connectivity index (χ2v) is 6.00. The van der Waals surface area contributed by atoms with E-state index >= 15 is 0 Å². The lowest BCUT2D eigenvalue weighted by molar-refractivity contribution is 0.463. The van der Waals surface area contributed by atoms with Crippen molar-refractivity contribution in [2.45, 2.75) is 13.3 Å². The van der Waals surface area contributed by atoms with Crippen LogP contribution >= 0.6 is 11.6 Å². The second-order valence-electron chi connectivity index (χ2n) is 5.56. The molecule has 2 aromatic rings. The first-order chi connectivity index (χ1) is 10.7. The van der Waals surface area contributed by atoms with E-state index in [2.05, 4.69) is 29.4 Å². The summed E-state index contributed by atoms with van der Waals surface area (Å²) in [6, 6.07) is 11.6. The molecule has 0 aliphatic carbocycles. The van der Waals surface area contributed by atoms with Crippen LogP contribution in [0.4, 0.5) is 0 Å². The SMILES string of the molecule is C[C@H]1CNCC/C1=C\c1cccc(Oc2ccc(Cl)cn2)c1. The molecule has 1 saturated heterocycles. The van der Waals surface area contributed by atoms with Crippen molar-refractivity contribution >= 4 is 17.7 Å². The average molecular weight is 315 g/mol. The number of hydrogen-bond donors (Lipinski definition) is 1. The molecular weight excluding hydrogens is 296 g/mol. The summed E-state index contributed by atoms with van der Waals surface area (Å²) in [4.78, 5) is 4.15. The number of hydrogen-bond acceptors (Lipinski definition) is 3. The van der Waals surface area contributed by atoms with E-state index in [4.69, 9.17) is 16.3 Å². The third kappa shape index (κ3) is 3.87. The smallest absolute Gasteiger partial charge is 0.219 e. The molecule has 1 aliphatic heterocycles. The third-order valence-electron chi connectivity index (χ3n) is 3.81. The Bertz CT molecular complexity index is 667. The van der Waals surface area contributed by atoms with Crippen molar-refractivity contribution < 1.29 is 4.74 Å². The number of piperidine rings is 1. The number of benzene rings is 1. The van der Waals surface area contributed by atoms with Crippen LogP contribution in [0.25, 0.3) is 6.08 Å². The summed E-state index contributed by atoms with van der Waals surface area (Å²) in [5.74, 6) is 1.91. The van der Waals surface area contributed by atoms with E-state index in [1.807, 2.05) is 18.2 Å². The Morgan fingerprint density at radius 1 is 1.32 bits per heavy atom. The number of rotatable bonds is 3. The van der Waals surface area contributed by atoms with Gasteiger partial charge in [-0.25, -0.2) is 4.98 Å². The van der Waals surface area contributed by atoms with Gasteiger partial charge in [0.2, 0.25) is 5.88 Å². The minimum atomic E-state index is 0.546. The summed E-state index contributed by atoms with van der Waals surface area (Å²) in [6.45, 7) is 4.37. The van der Waals surface area contributed by atoms with E-state index in [0.717, 1.165) is 30.8 Å². The van der Waals surface area contributed by atoms with Crippen LogP contribution in [-0.4, -0.2) is 18.1 Å². The van der Waals surface area contributed by atoms with E-state index in [9.17, 15) is 0 Å². The van der Waals surface area contributed by atoms with Gasteiger partial charge in [-0.1, -0.05) is 42.3 Å². The first-order valence-electron chi connectivity index (χ1n) is 7.51. The van der Waals surface area contributed by atoms with Gasteiger partial charge in [0.05, 0.1) is 5.02 Å². The number of halogens is 1. The highest BCUT2D eigenvalue weighted by atomic mass is 35.5. The molecule has 0 unspecified atom stereocenters. The zero-order valence-corrected chi connectivity index (χ0v) is 13.3. The monoisotopic (exact) mass is 314 g/mol. The molecule has 1 fully saturated rings. The van der Waals surface area contributed by atoms with Crippen LogP contribution in [0, 0.1) is 5.92 Å². The van der Waals surface area contributed by atoms with E-state index < -0.39 is 0 Å². The number of ether oxygens (including phenoxy) is 1. The molecule has 114 valence electrons. The molecular formula is C18H19ClN2O. The lowest BCUT2D eigenvalue weighted by Gasteiger charge is -2.23. The van der Waals surface area contributed by atoms with Gasteiger partial charge < -0.3 is 10.1 Å². The summed E-state index contributed by atoms with van der Waals surface area (Å²) in [6.07, 6.45) is 4.96. The van der Waals surface area contributed by atoms with Crippen LogP contribution in [-0.2, 0) is 0 Å². The summed E-state index contributed by atoms with van der Waals surface area (Å²) < 4.78 is 5.78. The Labute approximate surface area is 136 Å². The zero-order chi connectivity index (χ0) is 15.4. The van der Waals surface area contributed by atoms with Crippen LogP contribution < -0.4 is 10.1 Å². The average Bonchev–Trinajstić information content (AvgIpc) is 2.52. The van der Waals surface area contributed by atoms with Crippen molar-refractivity contribution in [1.29, 1.82) is 0 Å². The van der Waals surface area contributed by atoms with E-state index in [-0.39, 0.29) is 0 Å². The predicted molar refractivity (Wildman–Crippen MR) is 90.4 cm³/mol. The van der Waals surface area contributed by atoms with Gasteiger partial charge in [0.25, 0.3) is 0 Å². The van der Waals surface area contributed by atoms with Crippen molar-refractivity contribution in [2.24, 2.45) is 5.92 Å². The largest absolute Gasteiger partial charge is 0.439 e. The van der Waals surface area contributed by atoms with Crippen molar-refractivity contribution in [3.8, 4) is 11.6 Å². The fraction of sp³-hybridized carbons (Fsp3) is 0.278. The van der Waals surface area contributed by atoms with Crippen LogP contribution in [0.2, 0.25) is 5.02 Å². The topological polar surface area (TPSA) is 34.1 Å². The van der Waals surface area contributed by atoms with Gasteiger partial charge in [-0.05, 0) is 42.6 Å². The molecule has 0 amide bonds. The van der Waals surface area contributed by atoms with Gasteiger partial charge in [-0.15, -0.1) is 0 Å². The highest BCUT2D eigenvalue weighted by Gasteiger charge is 2.13. The van der Waals surface area contributed by atoms with Crippen molar-refractivity contribution in [1.82, 2.24) is 10.3 Å². The Hall–Kier alpha value is -1.84. The summed E-state index contributed by atoms with van der Waals surface area (Å²) >= 11 is 5.83. The van der Waals surface area contributed by atoms with Gasteiger partial charge in [-0.3, -0.25) is 0 Å². The molecule has 1 N–H and O–H groups in total. The highest BCUT2D eigenvalue weighted by Crippen LogP contribution is 2.25. The Morgan fingerprint density at radius 2 is 2.23 bits per heavy atom. The minimum Gasteiger partial charge on any atom is -0.439 e. The number of pyridine rings is 1. The maximum atomic E-state index is 5.83. The minimum absolute atomic E-state index is 0.546. The molecule has 1 aliphatic rings. The van der Waals surface area contributed by atoms with Gasteiger partial charge in [0.1, 0.15) is 5.75 Å². The summed E-state index contributed by atoms with van der Waals surface area (Å²) in [5.41, 5.74) is 2.65.